The molecule has 0 atom stereocenters. The average molecular weight is 313 g/mol. The van der Waals surface area contributed by atoms with E-state index in [1.165, 1.54) is 16.8 Å². The Kier molecular flexibility index (Phi) is 4.05. The van der Waals surface area contributed by atoms with Gasteiger partial charge in [0.1, 0.15) is 5.01 Å². The van der Waals surface area contributed by atoms with E-state index in [0.717, 1.165) is 22.7 Å². The van der Waals surface area contributed by atoms with Crippen LogP contribution in [0.15, 0.2) is 16.8 Å². The second-order valence-electron chi connectivity index (χ2n) is 3.55. The molecule has 2 N–H and O–H groups in total. The number of nitro groups is 1. The van der Waals surface area contributed by atoms with Gasteiger partial charge in [-0.05, 0) is 0 Å². The summed E-state index contributed by atoms with van der Waals surface area (Å²) in [6.07, 6.45) is 0. The third-order valence-corrected chi connectivity index (χ3v) is 3.93. The summed E-state index contributed by atoms with van der Waals surface area (Å²) < 4.78 is 0. The zero-order chi connectivity index (χ0) is 14.7. The number of hydrogen-bond donors (Lipinski definition) is 2. The summed E-state index contributed by atoms with van der Waals surface area (Å²) in [7, 11) is 0. The molecule has 2 rings (SSSR count). The van der Waals surface area contributed by atoms with Crippen LogP contribution in [0.1, 0.15) is 25.9 Å². The van der Waals surface area contributed by atoms with Crippen LogP contribution in [0.5, 0.6) is 0 Å². The Morgan fingerprint density at radius 2 is 2.15 bits per heavy atom. The van der Waals surface area contributed by atoms with Gasteiger partial charge in [0.25, 0.3) is 5.91 Å². The Hall–Kier alpha value is -2.33. The first-order valence-electron chi connectivity index (χ1n) is 5.16. The van der Waals surface area contributed by atoms with Gasteiger partial charge >= 0.3 is 11.0 Å². The minimum Gasteiger partial charge on any atom is -0.476 e. The lowest BCUT2D eigenvalue weighted by Crippen LogP contribution is -2.22. The molecule has 0 aliphatic heterocycles. The normalized spacial score (nSPS) is 10.2. The van der Waals surface area contributed by atoms with E-state index in [4.69, 9.17) is 5.11 Å². The van der Waals surface area contributed by atoms with Gasteiger partial charge in [0.2, 0.25) is 0 Å². The molecular formula is C10H7N3O5S2. The largest absolute Gasteiger partial charge is 0.476 e. The van der Waals surface area contributed by atoms with Crippen molar-refractivity contribution in [2.75, 3.05) is 0 Å². The maximum Gasteiger partial charge on any atom is 0.355 e. The molecule has 0 bridgehead atoms. The highest BCUT2D eigenvalue weighted by Crippen LogP contribution is 2.22. The molecule has 0 aromatic carbocycles. The second kappa shape index (κ2) is 5.75. The van der Waals surface area contributed by atoms with E-state index >= 15 is 0 Å². The molecule has 2 heterocycles. The summed E-state index contributed by atoms with van der Waals surface area (Å²) >= 11 is 1.98. The van der Waals surface area contributed by atoms with Crippen molar-refractivity contribution in [1.29, 1.82) is 0 Å². The number of hydrogen-bond acceptors (Lipinski definition) is 7. The van der Waals surface area contributed by atoms with Crippen molar-refractivity contribution in [1.82, 2.24) is 10.3 Å². The fourth-order valence-corrected chi connectivity index (χ4v) is 2.70. The summed E-state index contributed by atoms with van der Waals surface area (Å²) in [6.45, 7) is 0.0699. The number of aromatic carboxylic acids is 1. The second-order valence-corrected chi connectivity index (χ2v) is 5.38. The molecule has 104 valence electrons. The van der Waals surface area contributed by atoms with Gasteiger partial charge in [-0.2, -0.15) is 0 Å². The molecule has 0 aliphatic carbocycles. The van der Waals surface area contributed by atoms with Crippen LogP contribution in [0.2, 0.25) is 0 Å². The molecule has 2 aromatic heterocycles. The van der Waals surface area contributed by atoms with Crippen molar-refractivity contribution in [2.45, 2.75) is 6.54 Å². The average Bonchev–Trinajstić information content (AvgIpc) is 3.05. The molecule has 2 aromatic rings. The summed E-state index contributed by atoms with van der Waals surface area (Å²) in [5.74, 6) is -1.60. The Balaban J connectivity index is 1.97. The lowest BCUT2D eigenvalue weighted by molar-refractivity contribution is -0.380. The molecule has 0 fully saturated rings. The van der Waals surface area contributed by atoms with Crippen molar-refractivity contribution < 1.29 is 19.6 Å². The van der Waals surface area contributed by atoms with E-state index in [0.29, 0.717) is 5.01 Å². The molecule has 8 nitrogen and oxygen atoms in total. The molecule has 0 radical (unpaired) electrons. The third kappa shape index (κ3) is 3.16. The number of nitrogens with one attached hydrogen (secondary N) is 1. The number of carbonyl (C=O) groups excluding carboxylic acids is 1. The number of aromatic nitrogens is 1. The highest BCUT2D eigenvalue weighted by atomic mass is 32.1. The number of rotatable bonds is 5. The number of amides is 1. The lowest BCUT2D eigenvalue weighted by Gasteiger charge is -1.99. The van der Waals surface area contributed by atoms with E-state index in [-0.39, 0.29) is 22.8 Å². The van der Waals surface area contributed by atoms with E-state index in [9.17, 15) is 19.7 Å². The SMILES string of the molecule is O=C(NCc1nc(C(=O)O)cs1)c1csc([N+](=O)[O-])c1. The summed E-state index contributed by atoms with van der Waals surface area (Å²) in [6, 6.07) is 1.19. The molecule has 0 unspecified atom stereocenters. The molecule has 0 saturated heterocycles. The first kappa shape index (κ1) is 14.1. The maximum absolute atomic E-state index is 11.7. The molecule has 0 aliphatic rings. The van der Waals surface area contributed by atoms with Gasteiger partial charge < -0.3 is 10.4 Å². The fraction of sp³-hybridized carbons (Fsp3) is 0.100. The molecule has 20 heavy (non-hydrogen) atoms. The van der Waals surface area contributed by atoms with Crippen LogP contribution < -0.4 is 5.32 Å². The first-order chi connectivity index (χ1) is 9.47. The number of carboxylic acids is 1. The zero-order valence-electron chi connectivity index (χ0n) is 9.73. The van der Waals surface area contributed by atoms with E-state index in [1.807, 2.05) is 0 Å². The molecular weight excluding hydrogens is 306 g/mol. The van der Waals surface area contributed by atoms with E-state index in [1.54, 1.807) is 0 Å². The summed E-state index contributed by atoms with van der Waals surface area (Å²) in [4.78, 5) is 36.1. The van der Waals surface area contributed by atoms with E-state index in [2.05, 4.69) is 10.3 Å². The van der Waals surface area contributed by atoms with Crippen LogP contribution in [0, 0.1) is 10.1 Å². The number of carboxylic acid groups (broad SMARTS) is 1. The highest BCUT2D eigenvalue weighted by molar-refractivity contribution is 7.13. The van der Waals surface area contributed by atoms with Crippen LogP contribution in [-0.4, -0.2) is 26.9 Å². The van der Waals surface area contributed by atoms with Crippen molar-refractivity contribution in [3.63, 3.8) is 0 Å². The fourth-order valence-electron chi connectivity index (χ4n) is 1.29. The molecule has 1 amide bonds. The van der Waals surface area contributed by atoms with Gasteiger partial charge in [-0.25, -0.2) is 9.78 Å². The van der Waals surface area contributed by atoms with Gasteiger partial charge in [-0.15, -0.1) is 11.3 Å². The van der Waals surface area contributed by atoms with Crippen molar-refractivity contribution in [3.8, 4) is 0 Å². The minimum absolute atomic E-state index is 0.0699. The maximum atomic E-state index is 11.7. The quantitative estimate of drug-likeness (QED) is 0.640. The molecule has 0 spiro atoms. The van der Waals surface area contributed by atoms with Crippen LogP contribution in [0.3, 0.4) is 0 Å². The third-order valence-electron chi connectivity index (χ3n) is 2.20. The minimum atomic E-state index is -1.13. The molecule has 0 saturated carbocycles. The van der Waals surface area contributed by atoms with Crippen LogP contribution in [0.25, 0.3) is 0 Å². The topological polar surface area (TPSA) is 122 Å². The number of carbonyl (C=O) groups is 2. The van der Waals surface area contributed by atoms with Gasteiger partial charge in [0.05, 0.1) is 17.0 Å². The first-order valence-corrected chi connectivity index (χ1v) is 6.92. The van der Waals surface area contributed by atoms with Gasteiger partial charge in [-0.1, -0.05) is 11.3 Å². The number of nitrogens with zero attached hydrogens (tertiary/aromatic N) is 2. The Bertz CT molecular complexity index is 678. The highest BCUT2D eigenvalue weighted by Gasteiger charge is 2.15. The Morgan fingerprint density at radius 1 is 1.40 bits per heavy atom. The standard InChI is InChI=1S/C10H7N3O5S2/c14-9(5-1-8(13(17)18)20-3-5)11-2-7-12-6(4-19-7)10(15)16/h1,3-4H,2H2,(H,11,14)(H,15,16). The van der Waals surface area contributed by atoms with Gasteiger partial charge in [0, 0.05) is 16.8 Å². The lowest BCUT2D eigenvalue weighted by atomic mass is 10.3. The van der Waals surface area contributed by atoms with Crippen LogP contribution >= 0.6 is 22.7 Å². The van der Waals surface area contributed by atoms with E-state index < -0.39 is 16.8 Å². The Morgan fingerprint density at radius 3 is 2.70 bits per heavy atom. The number of thiophene rings is 1. The number of thiazole rings is 1. The smallest absolute Gasteiger partial charge is 0.355 e. The predicted octanol–water partition coefficient (Wildman–Crippen LogP) is 1.74. The summed E-state index contributed by atoms with van der Waals surface area (Å²) in [5.41, 5.74) is 0.113. The monoisotopic (exact) mass is 313 g/mol. The zero-order valence-corrected chi connectivity index (χ0v) is 11.4. The van der Waals surface area contributed by atoms with Crippen LogP contribution in [-0.2, 0) is 6.54 Å². The molecule has 10 heteroatoms. The van der Waals surface area contributed by atoms with Gasteiger partial charge in [-0.3, -0.25) is 14.9 Å². The van der Waals surface area contributed by atoms with Crippen LogP contribution in [0.4, 0.5) is 5.00 Å². The van der Waals surface area contributed by atoms with Crippen molar-refractivity contribution in [2.24, 2.45) is 0 Å². The predicted molar refractivity (Wildman–Crippen MR) is 71.2 cm³/mol. The van der Waals surface area contributed by atoms with Crippen molar-refractivity contribution in [3.05, 3.63) is 43.2 Å². The Labute approximate surface area is 119 Å². The van der Waals surface area contributed by atoms with Gasteiger partial charge in [0.15, 0.2) is 5.69 Å². The van der Waals surface area contributed by atoms with Crippen molar-refractivity contribution >= 4 is 39.6 Å². The summed E-state index contributed by atoms with van der Waals surface area (Å²) in [5, 5.41) is 24.8.